The number of carbonyl (C=O) groups is 13. The Morgan fingerprint density at radius 2 is 0.989 bits per heavy atom. The maximum absolute atomic E-state index is 13.4. The minimum absolute atomic E-state index is 0.00832. The molecule has 1 heterocycles. The number of ether oxygens (including phenoxy) is 5. The second-order valence-corrected chi connectivity index (χ2v) is 23.3. The summed E-state index contributed by atoms with van der Waals surface area (Å²) in [5.74, 6) is -6.11. The quantitative estimate of drug-likeness (QED) is 0.0444. The van der Waals surface area contributed by atoms with Crippen molar-refractivity contribution in [3.8, 4) is 0 Å². The molecule has 0 radical (unpaired) electrons. The number of likely N-dealkylation sites (N-methyl/N-ethyl adjacent to an activating group) is 6. The average Bonchev–Trinajstić information content (AvgIpc) is 2.17. The molecular weight excluding hydrogens is 1170 g/mol. The molecule has 1 aromatic rings. The Kier molecular flexibility index (Phi) is 35.7. The third kappa shape index (κ3) is 29.3. The number of nitrogens with zero attached hydrogens (tertiary/aromatic N) is 8. The molecule has 3 atom stereocenters. The lowest BCUT2D eigenvalue weighted by Gasteiger charge is -2.26. The molecule has 29 nitrogen and oxygen atoms in total. The van der Waals surface area contributed by atoms with Gasteiger partial charge in [0.2, 0.25) is 70.9 Å². The first kappa shape index (κ1) is 78.5. The number of benzene rings is 1. The smallest absolute Gasteiger partial charge is 0.308 e. The van der Waals surface area contributed by atoms with E-state index in [2.05, 4.69) is 16.0 Å². The van der Waals surface area contributed by atoms with Crippen LogP contribution in [0.3, 0.4) is 0 Å². The number of imide groups is 1. The molecule has 1 fully saturated rings. The fourth-order valence-electron chi connectivity index (χ4n) is 8.41. The highest BCUT2D eigenvalue weighted by atomic mass is 16.6. The van der Waals surface area contributed by atoms with Crippen molar-refractivity contribution in [3.63, 3.8) is 0 Å². The van der Waals surface area contributed by atoms with Crippen molar-refractivity contribution in [1.82, 2.24) is 49.8 Å². The Balaban J connectivity index is 1.69. The van der Waals surface area contributed by atoms with Crippen LogP contribution in [0.4, 0.5) is 5.69 Å². The fourth-order valence-corrected chi connectivity index (χ4v) is 8.41. The largest absolute Gasteiger partial charge is 0.461 e. The van der Waals surface area contributed by atoms with Gasteiger partial charge in [-0.1, -0.05) is 47.1 Å². The zero-order valence-electron chi connectivity index (χ0n) is 55.3. The van der Waals surface area contributed by atoms with Gasteiger partial charge in [0.25, 0.3) is 0 Å². The van der Waals surface area contributed by atoms with Crippen LogP contribution in [-0.4, -0.2) is 277 Å². The first-order chi connectivity index (χ1) is 42.3. The Bertz CT molecular complexity index is 2600. The molecule has 3 N–H and O–H groups in total. The summed E-state index contributed by atoms with van der Waals surface area (Å²) in [5, 5.41) is 8.26. The molecule has 1 aliphatic rings. The van der Waals surface area contributed by atoms with Gasteiger partial charge in [0.15, 0.2) is 0 Å². The summed E-state index contributed by atoms with van der Waals surface area (Å²) in [7, 11) is 11.8. The van der Waals surface area contributed by atoms with Crippen molar-refractivity contribution < 1.29 is 86.0 Å². The lowest BCUT2D eigenvalue weighted by Crippen LogP contribution is -2.53. The number of hydrogen-bond donors (Lipinski definition) is 3. The molecule has 90 heavy (non-hydrogen) atoms. The molecule has 2 rings (SSSR count). The van der Waals surface area contributed by atoms with E-state index >= 15 is 0 Å². The number of carbonyl (C=O) groups excluding carboxylic acids is 13. The van der Waals surface area contributed by atoms with Gasteiger partial charge in [0.05, 0.1) is 104 Å². The molecule has 2 unspecified atom stereocenters. The Labute approximate surface area is 529 Å². The van der Waals surface area contributed by atoms with Crippen LogP contribution < -0.4 is 16.0 Å². The molecule has 1 aliphatic heterocycles. The molecule has 0 aromatic heterocycles. The van der Waals surface area contributed by atoms with Gasteiger partial charge in [-0.25, -0.2) is 0 Å². The molecule has 1 aromatic carbocycles. The number of likely N-dealkylation sites (tertiary alicyclic amines) is 1. The Hall–Kier alpha value is -7.63. The zero-order chi connectivity index (χ0) is 67.8. The van der Waals surface area contributed by atoms with Gasteiger partial charge in [-0.2, -0.15) is 0 Å². The first-order valence-electron chi connectivity index (χ1n) is 30.3. The predicted octanol–water partition coefficient (Wildman–Crippen LogP) is 0.110. The monoisotopic (exact) mass is 1270 g/mol. The van der Waals surface area contributed by atoms with Crippen molar-refractivity contribution >= 4 is 82.5 Å². The minimum Gasteiger partial charge on any atom is -0.461 e. The van der Waals surface area contributed by atoms with Gasteiger partial charge in [0, 0.05) is 93.9 Å². The molecule has 0 aliphatic carbocycles. The van der Waals surface area contributed by atoms with Crippen molar-refractivity contribution in [2.75, 3.05) is 154 Å². The SMILES string of the molecule is CC(C)C(=O)OCc1ccc(NC(=O)[C@H](C)NC(=O)C(NC(=O)CCCCCN2C(=O)CC(C)C2=O)C(C)C)cc1CN(C)C(=O)CCOCCOCCOCCOCCC(=O)N(C)CC(=O)N(C)CC(=O)N(C)CC(=O)N(C)CC(=O)N(C)CC(=O)N(C)C. The Morgan fingerprint density at radius 3 is 1.43 bits per heavy atom. The number of nitrogens with one attached hydrogen (secondary N) is 3. The van der Waals surface area contributed by atoms with Gasteiger partial charge in [0.1, 0.15) is 18.7 Å². The summed E-state index contributed by atoms with van der Waals surface area (Å²) in [6.45, 7) is 10.6. The van der Waals surface area contributed by atoms with E-state index in [1.807, 2.05) is 0 Å². The van der Waals surface area contributed by atoms with Crippen LogP contribution >= 0.6 is 0 Å². The maximum atomic E-state index is 13.4. The van der Waals surface area contributed by atoms with Gasteiger partial charge >= 0.3 is 5.97 Å². The van der Waals surface area contributed by atoms with Crippen molar-refractivity contribution in [2.45, 2.75) is 112 Å². The average molecular weight is 1270 g/mol. The topological polar surface area (TPSA) is 330 Å². The molecule has 506 valence electrons. The molecule has 12 amide bonds. The number of rotatable bonds is 42. The van der Waals surface area contributed by atoms with Crippen LogP contribution in [-0.2, 0) is 99.2 Å². The number of amides is 12. The zero-order valence-corrected chi connectivity index (χ0v) is 55.3. The van der Waals surface area contributed by atoms with E-state index in [1.165, 1.54) is 66.7 Å². The lowest BCUT2D eigenvalue weighted by molar-refractivity contribution is -0.149. The normalized spacial score (nSPS) is 13.5. The van der Waals surface area contributed by atoms with Crippen LogP contribution in [0.5, 0.6) is 0 Å². The summed E-state index contributed by atoms with van der Waals surface area (Å²) < 4.78 is 27.7. The van der Waals surface area contributed by atoms with Crippen molar-refractivity contribution in [1.29, 1.82) is 0 Å². The second kappa shape index (κ2) is 40.9. The van der Waals surface area contributed by atoms with Gasteiger partial charge in [-0.15, -0.1) is 0 Å². The maximum Gasteiger partial charge on any atom is 0.308 e. The number of esters is 1. The van der Waals surface area contributed by atoms with E-state index in [0.717, 1.165) is 14.7 Å². The number of anilines is 1. The van der Waals surface area contributed by atoms with Gasteiger partial charge in [-0.05, 0) is 48.9 Å². The number of unbranched alkanes of at least 4 members (excludes halogenated alkanes) is 2. The Morgan fingerprint density at radius 1 is 0.533 bits per heavy atom. The summed E-state index contributed by atoms with van der Waals surface area (Å²) >= 11 is 0. The molecule has 0 bridgehead atoms. The highest BCUT2D eigenvalue weighted by Gasteiger charge is 2.35. The summed E-state index contributed by atoms with van der Waals surface area (Å²) in [6.07, 6.45) is 2.05. The van der Waals surface area contributed by atoms with Crippen molar-refractivity contribution in [3.05, 3.63) is 29.3 Å². The van der Waals surface area contributed by atoms with Gasteiger partial charge < -0.3 is 73.9 Å². The first-order valence-corrected chi connectivity index (χ1v) is 30.3. The van der Waals surface area contributed by atoms with E-state index in [4.69, 9.17) is 23.7 Å². The van der Waals surface area contributed by atoms with Crippen LogP contribution in [0.1, 0.15) is 97.6 Å². The predicted molar refractivity (Wildman–Crippen MR) is 329 cm³/mol. The van der Waals surface area contributed by atoms with E-state index in [9.17, 15) is 62.3 Å². The molecule has 29 heteroatoms. The second-order valence-electron chi connectivity index (χ2n) is 23.3. The minimum atomic E-state index is -1.02. The van der Waals surface area contributed by atoms with Gasteiger partial charge in [-0.3, -0.25) is 67.2 Å². The molecular formula is C61H99N11O18. The van der Waals surface area contributed by atoms with Crippen LogP contribution in [0.25, 0.3) is 0 Å². The summed E-state index contributed by atoms with van der Waals surface area (Å²) in [4.78, 5) is 175. The summed E-state index contributed by atoms with van der Waals surface area (Å²) in [6, 6.07) is 3.02. The highest BCUT2D eigenvalue weighted by molar-refractivity contribution is 6.03. The molecule has 0 saturated carbocycles. The van der Waals surface area contributed by atoms with Crippen LogP contribution in [0, 0.1) is 17.8 Å². The van der Waals surface area contributed by atoms with E-state index in [-0.39, 0.29) is 178 Å². The van der Waals surface area contributed by atoms with E-state index in [0.29, 0.717) is 42.6 Å². The van der Waals surface area contributed by atoms with E-state index in [1.54, 1.807) is 74.0 Å². The third-order valence-electron chi connectivity index (χ3n) is 14.4. The van der Waals surface area contributed by atoms with Crippen LogP contribution in [0.2, 0.25) is 0 Å². The molecule has 1 saturated heterocycles. The summed E-state index contributed by atoms with van der Waals surface area (Å²) in [5.41, 5.74) is 1.56. The fraction of sp³-hybridized carbons (Fsp3) is 0.689. The van der Waals surface area contributed by atoms with Crippen LogP contribution in [0.15, 0.2) is 18.2 Å². The third-order valence-corrected chi connectivity index (χ3v) is 14.4. The number of hydrogen-bond acceptors (Lipinski definition) is 18. The van der Waals surface area contributed by atoms with Crippen molar-refractivity contribution in [2.24, 2.45) is 17.8 Å². The lowest BCUT2D eigenvalue weighted by atomic mass is 10.0. The standard InChI is InChI=1S/C61H99N11O18/c1-41(2)57(64-48(73)18-16-15-17-23-72-51(76)32-43(5)60(72)84)59(83)62-44(6)58(82)63-47-20-19-45(40-90-61(85)42(3)4)46(33-47)34-66(9)49(74)21-24-86-26-28-88-30-31-89-29-27-87-25-22-50(75)67(10)36-53(78)69(12)38-55(80)71(14)39-56(81)70(13)37-54(79)68(11)35-52(77)65(7)8/h19-20,33,41-44,57H,15-18,21-32,34-40H2,1-14H3,(H,62,83)(H,63,82)(H,64,73)/t43?,44-,57?/m0/s1. The molecule has 0 spiro atoms. The highest BCUT2D eigenvalue weighted by Crippen LogP contribution is 2.22. The van der Waals surface area contributed by atoms with E-state index < -0.39 is 53.5 Å².